The first-order valence-corrected chi connectivity index (χ1v) is 14.5. The van der Waals surface area contributed by atoms with Gasteiger partial charge < -0.3 is 14.1 Å². The molecule has 3 aromatic heterocycles. The monoisotopic (exact) mass is 549 g/mol. The second-order valence-electron chi connectivity index (χ2n) is 11.2. The molecule has 0 aliphatic heterocycles. The minimum absolute atomic E-state index is 0.513. The average Bonchev–Trinajstić information content (AvgIpc) is 3.71. The number of hydrogen-bond donors (Lipinski definition) is 1. The zero-order chi connectivity index (χ0) is 28.7. The summed E-state index contributed by atoms with van der Waals surface area (Å²) in [5.74, 6) is 0. The van der Waals surface area contributed by atoms with Crippen molar-refractivity contribution in [3.05, 3.63) is 126 Å². The van der Waals surface area contributed by atoms with E-state index in [9.17, 15) is 10.5 Å². The zero-order valence-corrected chi connectivity index (χ0v) is 23.1. The quantitative estimate of drug-likeness (QED) is 0.234. The Morgan fingerprint density at radius 2 is 1.33 bits per heavy atom. The summed E-state index contributed by atoms with van der Waals surface area (Å²) in [6.07, 6.45) is 6.21. The van der Waals surface area contributed by atoms with Crippen molar-refractivity contribution in [2.24, 2.45) is 0 Å². The van der Waals surface area contributed by atoms with Crippen LogP contribution in [-0.2, 0) is 6.42 Å². The largest absolute Gasteiger partial charge is 0.354 e. The Hall–Kier alpha value is -6.04. The number of nitriles is 2. The Balaban J connectivity index is 1.43. The fourth-order valence-corrected chi connectivity index (χ4v) is 7.22. The zero-order valence-electron chi connectivity index (χ0n) is 23.1. The van der Waals surface area contributed by atoms with Crippen LogP contribution in [0.15, 0.2) is 103 Å². The average molecular weight is 550 g/mol. The van der Waals surface area contributed by atoms with Crippen molar-refractivity contribution in [3.8, 4) is 23.5 Å². The van der Waals surface area contributed by atoms with Gasteiger partial charge in [-0.2, -0.15) is 10.5 Å². The van der Waals surface area contributed by atoms with Gasteiger partial charge in [-0.1, -0.05) is 72.8 Å². The summed E-state index contributed by atoms with van der Waals surface area (Å²) in [5, 5.41) is 26.9. The molecule has 0 unspecified atom stereocenters. The fourth-order valence-electron chi connectivity index (χ4n) is 7.22. The van der Waals surface area contributed by atoms with Gasteiger partial charge in [0.25, 0.3) is 0 Å². The molecule has 5 heteroatoms. The highest BCUT2D eigenvalue weighted by Crippen LogP contribution is 2.42. The van der Waals surface area contributed by atoms with Crippen LogP contribution in [0.3, 0.4) is 0 Å². The maximum Gasteiger partial charge on any atom is 0.104 e. The van der Waals surface area contributed by atoms with E-state index in [0.717, 1.165) is 68.0 Å². The van der Waals surface area contributed by atoms with Gasteiger partial charge in [0.05, 0.1) is 45.1 Å². The number of nitrogens with one attached hydrogen (secondary N) is 1. The van der Waals surface area contributed by atoms with Crippen molar-refractivity contribution in [2.45, 2.75) is 12.8 Å². The van der Waals surface area contributed by atoms with Crippen molar-refractivity contribution in [1.82, 2.24) is 14.1 Å². The second kappa shape index (κ2) is 8.73. The topological polar surface area (TPSA) is 73.2 Å². The summed E-state index contributed by atoms with van der Waals surface area (Å²) in [4.78, 5) is 3.69. The van der Waals surface area contributed by atoms with Gasteiger partial charge in [-0.25, -0.2) is 0 Å². The van der Waals surface area contributed by atoms with Crippen LogP contribution in [0.4, 0.5) is 0 Å². The number of benzene rings is 5. The normalized spacial score (nSPS) is 12.8. The van der Waals surface area contributed by atoms with Gasteiger partial charge in [0.15, 0.2) is 0 Å². The standard InChI is InChI=1S/C38H23N5/c39-21-23-19-35(42-31-14-6-2-10-25(31)26-11-3-7-15-32(26)42)29(22-40)36(20-23)43-33-16-8-4-12-28(33)37-34(43)18-17-27-24-9-1-5-13-30(24)41-38(27)37/h1-7,9-15,17-20,41H,8,16H2. The van der Waals surface area contributed by atoms with Crippen LogP contribution in [0.25, 0.3) is 72.0 Å². The highest BCUT2D eigenvalue weighted by atomic mass is 15.0. The molecule has 1 aliphatic carbocycles. The third kappa shape index (κ3) is 3.14. The minimum atomic E-state index is 0.513. The molecule has 9 rings (SSSR count). The highest BCUT2D eigenvalue weighted by molar-refractivity contribution is 6.19. The number of rotatable bonds is 2. The van der Waals surface area contributed by atoms with Crippen molar-refractivity contribution >= 4 is 60.6 Å². The molecule has 0 bridgehead atoms. The SMILES string of the molecule is N#Cc1cc(-n2c3c(c4c5[nH]c6ccccc6c5ccc42)C=CCC3)c(C#N)c(-n2c3ccccc3c3ccccc32)c1. The lowest BCUT2D eigenvalue weighted by Crippen LogP contribution is -2.08. The number of aromatic amines is 1. The first-order chi connectivity index (χ1) is 21.3. The summed E-state index contributed by atoms with van der Waals surface area (Å²) < 4.78 is 4.37. The van der Waals surface area contributed by atoms with E-state index < -0.39 is 0 Å². The van der Waals surface area contributed by atoms with Gasteiger partial charge >= 0.3 is 0 Å². The number of fused-ring (bicyclic) bond motifs is 10. The lowest BCUT2D eigenvalue weighted by atomic mass is 10.0. The molecule has 0 fully saturated rings. The predicted molar refractivity (Wildman–Crippen MR) is 174 cm³/mol. The molecule has 5 aromatic carbocycles. The molecular formula is C38H23N5. The van der Waals surface area contributed by atoms with E-state index in [1.807, 2.05) is 36.4 Å². The van der Waals surface area contributed by atoms with Crippen molar-refractivity contribution in [2.75, 3.05) is 0 Å². The summed E-state index contributed by atoms with van der Waals surface area (Å²) in [6, 6.07) is 38.0. The second-order valence-corrected chi connectivity index (χ2v) is 11.2. The first-order valence-electron chi connectivity index (χ1n) is 14.5. The highest BCUT2D eigenvalue weighted by Gasteiger charge is 2.26. The molecule has 1 N–H and O–H groups in total. The molecule has 8 aromatic rings. The van der Waals surface area contributed by atoms with Gasteiger partial charge in [-0.15, -0.1) is 0 Å². The van der Waals surface area contributed by atoms with Crippen LogP contribution in [-0.4, -0.2) is 14.1 Å². The predicted octanol–water partition coefficient (Wildman–Crippen LogP) is 9.06. The number of hydrogen-bond acceptors (Lipinski definition) is 2. The van der Waals surface area contributed by atoms with Crippen LogP contribution >= 0.6 is 0 Å². The Morgan fingerprint density at radius 3 is 2.05 bits per heavy atom. The van der Waals surface area contributed by atoms with Crippen LogP contribution in [0.1, 0.15) is 28.8 Å². The van der Waals surface area contributed by atoms with Crippen molar-refractivity contribution < 1.29 is 0 Å². The molecule has 0 radical (unpaired) electrons. The van der Waals surface area contributed by atoms with E-state index in [1.54, 1.807) is 0 Å². The van der Waals surface area contributed by atoms with Gasteiger partial charge in [0, 0.05) is 43.7 Å². The van der Waals surface area contributed by atoms with Crippen LogP contribution in [0, 0.1) is 22.7 Å². The maximum absolute atomic E-state index is 10.9. The van der Waals surface area contributed by atoms with E-state index in [-0.39, 0.29) is 0 Å². The number of H-pyrrole nitrogens is 1. The lowest BCUT2D eigenvalue weighted by Gasteiger charge is -2.18. The number of allylic oxidation sites excluding steroid dienone is 1. The molecule has 200 valence electrons. The molecule has 0 saturated heterocycles. The molecule has 0 spiro atoms. The smallest absolute Gasteiger partial charge is 0.104 e. The number of aromatic nitrogens is 3. The summed E-state index contributed by atoms with van der Waals surface area (Å²) in [6.45, 7) is 0. The fraction of sp³-hybridized carbons (Fsp3) is 0.0526. The molecule has 5 nitrogen and oxygen atoms in total. The molecule has 0 amide bonds. The Kier molecular flexibility index (Phi) is 4.80. The van der Waals surface area contributed by atoms with Crippen molar-refractivity contribution in [1.29, 1.82) is 10.5 Å². The van der Waals surface area contributed by atoms with Gasteiger partial charge in [-0.3, -0.25) is 0 Å². The van der Waals surface area contributed by atoms with Crippen LogP contribution < -0.4 is 0 Å². The van der Waals surface area contributed by atoms with E-state index in [2.05, 4.69) is 99.1 Å². The third-order valence-electron chi connectivity index (χ3n) is 8.98. The van der Waals surface area contributed by atoms with Crippen LogP contribution in [0.2, 0.25) is 0 Å². The van der Waals surface area contributed by atoms with Gasteiger partial charge in [0.2, 0.25) is 0 Å². The molecule has 0 saturated carbocycles. The Morgan fingerprint density at radius 1 is 0.651 bits per heavy atom. The Labute approximate surface area is 246 Å². The summed E-state index contributed by atoms with van der Waals surface area (Å²) in [7, 11) is 0. The van der Waals surface area contributed by atoms with E-state index in [1.165, 1.54) is 16.3 Å². The van der Waals surface area contributed by atoms with E-state index in [0.29, 0.717) is 16.8 Å². The summed E-state index contributed by atoms with van der Waals surface area (Å²) >= 11 is 0. The van der Waals surface area contributed by atoms with Crippen LogP contribution in [0.5, 0.6) is 0 Å². The molecule has 43 heavy (non-hydrogen) atoms. The molecule has 3 heterocycles. The van der Waals surface area contributed by atoms with Gasteiger partial charge in [0.1, 0.15) is 11.6 Å². The molecular weight excluding hydrogens is 526 g/mol. The van der Waals surface area contributed by atoms with E-state index in [4.69, 9.17) is 0 Å². The minimum Gasteiger partial charge on any atom is -0.354 e. The first kappa shape index (κ1) is 23.6. The van der Waals surface area contributed by atoms with E-state index >= 15 is 0 Å². The molecule has 1 aliphatic rings. The number of nitrogens with zero attached hydrogens (tertiary/aromatic N) is 4. The maximum atomic E-state index is 10.9. The number of para-hydroxylation sites is 3. The van der Waals surface area contributed by atoms with Crippen molar-refractivity contribution in [3.63, 3.8) is 0 Å². The summed E-state index contributed by atoms with van der Waals surface area (Å²) in [5.41, 5.74) is 10.0. The Bertz CT molecular complexity index is 2540. The third-order valence-corrected chi connectivity index (χ3v) is 8.98. The molecule has 0 atom stereocenters. The lowest BCUT2D eigenvalue weighted by molar-refractivity contribution is 0.885. The van der Waals surface area contributed by atoms with Gasteiger partial charge in [-0.05, 0) is 49.2 Å².